The zero-order valence-corrected chi connectivity index (χ0v) is 28.6. The molecule has 1 aliphatic heterocycles. The smallest absolute Gasteiger partial charge is 0.306 e. The number of carbonyl (C=O) groups excluding carboxylic acids is 7. The van der Waals surface area contributed by atoms with Crippen LogP contribution in [0.15, 0.2) is 12.2 Å². The van der Waals surface area contributed by atoms with Gasteiger partial charge in [0.1, 0.15) is 23.4 Å². The van der Waals surface area contributed by atoms with E-state index in [-0.39, 0.29) is 18.4 Å². The van der Waals surface area contributed by atoms with E-state index >= 15 is 0 Å². The molecule has 1 saturated heterocycles. The van der Waals surface area contributed by atoms with Crippen molar-refractivity contribution in [2.75, 3.05) is 0 Å². The van der Waals surface area contributed by atoms with E-state index < -0.39 is 119 Å². The van der Waals surface area contributed by atoms with E-state index in [0.717, 1.165) is 34.6 Å². The van der Waals surface area contributed by atoms with Gasteiger partial charge in [0.2, 0.25) is 0 Å². The van der Waals surface area contributed by atoms with Crippen molar-refractivity contribution in [2.24, 2.45) is 23.2 Å². The third-order valence-corrected chi connectivity index (χ3v) is 10.5. The number of hydrogen-bond donors (Lipinski definition) is 1. The molecule has 12 atom stereocenters. The van der Waals surface area contributed by atoms with Crippen molar-refractivity contribution in [1.82, 2.24) is 0 Å². The van der Waals surface area contributed by atoms with Crippen molar-refractivity contribution in [3.63, 3.8) is 0 Å². The fourth-order valence-corrected chi connectivity index (χ4v) is 9.32. The first-order valence-corrected chi connectivity index (χ1v) is 15.8. The third kappa shape index (κ3) is 5.43. The summed E-state index contributed by atoms with van der Waals surface area (Å²) in [5.41, 5.74) is -8.45. The van der Waals surface area contributed by atoms with Crippen LogP contribution in [0.5, 0.6) is 0 Å². The van der Waals surface area contributed by atoms with Gasteiger partial charge in [0.25, 0.3) is 0 Å². The minimum atomic E-state index is -2.41. The van der Waals surface area contributed by atoms with Crippen LogP contribution in [0.2, 0.25) is 0 Å². The van der Waals surface area contributed by atoms with Crippen LogP contribution in [0.4, 0.5) is 0 Å². The number of rotatable bonds is 8. The van der Waals surface area contributed by atoms with Gasteiger partial charge in [-0.1, -0.05) is 13.5 Å². The maximum Gasteiger partial charge on any atom is 0.306 e. The lowest BCUT2D eigenvalue weighted by Gasteiger charge is -2.56. The van der Waals surface area contributed by atoms with Gasteiger partial charge < -0.3 is 38.3 Å². The molecule has 4 aliphatic rings. The Bertz CT molecular complexity index is 1440. The molecule has 15 nitrogen and oxygen atoms in total. The van der Waals surface area contributed by atoms with Crippen molar-refractivity contribution in [3.8, 4) is 0 Å². The summed E-state index contributed by atoms with van der Waals surface area (Å²) in [4.78, 5) is 91.3. The summed E-state index contributed by atoms with van der Waals surface area (Å²) < 4.78 is 42.1. The molecule has 0 radical (unpaired) electrons. The Morgan fingerprint density at radius 2 is 1.35 bits per heavy atom. The normalized spacial score (nSPS) is 40.9. The van der Waals surface area contributed by atoms with Gasteiger partial charge in [-0.2, -0.15) is 0 Å². The summed E-state index contributed by atoms with van der Waals surface area (Å²) in [6.07, 6.45) is -9.17. The van der Waals surface area contributed by atoms with Crippen molar-refractivity contribution < 1.29 is 71.8 Å². The molecule has 1 spiro atoms. The van der Waals surface area contributed by atoms with Crippen molar-refractivity contribution >= 4 is 41.8 Å². The maximum atomic E-state index is 13.4. The Morgan fingerprint density at radius 3 is 1.83 bits per heavy atom. The minimum absolute atomic E-state index is 0.0251. The standard InChI is InChI=1S/C33H44O15/c1-11-23(39)46-26-20-12-21(42-15(4)34)25-31(10)22(13-24(40)48-31)33(41,14(2)3)28(44-17(6)36)27(43-16(5)35)32(25,26)29(45-18(7)37)30(20,9)47-19(8)38/h20-22,25-29,41H,2,11-13H2,1,3-10H3/t20-,21+,22+,25+,26-,27-,28-,29+,30+,31+,32+,33+/m1/s1. The van der Waals surface area contributed by atoms with E-state index in [9.17, 15) is 38.7 Å². The first kappa shape index (κ1) is 36.8. The summed E-state index contributed by atoms with van der Waals surface area (Å²) in [7, 11) is 0. The highest BCUT2D eigenvalue weighted by atomic mass is 16.6. The molecule has 1 heterocycles. The zero-order chi connectivity index (χ0) is 36.3. The van der Waals surface area contributed by atoms with E-state index in [1.807, 2.05) is 0 Å². The number of esters is 7. The lowest BCUT2D eigenvalue weighted by atomic mass is 9.54. The molecule has 1 N–H and O–H groups in total. The second-order valence-corrected chi connectivity index (χ2v) is 13.6. The molecule has 0 unspecified atom stereocenters. The average Bonchev–Trinajstić information content (AvgIpc) is 3.29. The molecule has 2 bridgehead atoms. The van der Waals surface area contributed by atoms with Gasteiger partial charge >= 0.3 is 41.8 Å². The van der Waals surface area contributed by atoms with Gasteiger partial charge in [0.05, 0.1) is 17.8 Å². The fraction of sp³-hybridized carbons (Fsp3) is 0.727. The predicted molar refractivity (Wildman–Crippen MR) is 159 cm³/mol. The maximum absolute atomic E-state index is 13.4. The molecule has 0 aromatic carbocycles. The van der Waals surface area contributed by atoms with Gasteiger partial charge in [0, 0.05) is 52.9 Å². The number of fused-ring (bicyclic) bond motifs is 3. The molecule has 3 saturated carbocycles. The molecule has 3 aliphatic carbocycles. The van der Waals surface area contributed by atoms with Gasteiger partial charge in [-0.15, -0.1) is 0 Å². The fourth-order valence-electron chi connectivity index (χ4n) is 9.32. The molecular formula is C33H44O15. The van der Waals surface area contributed by atoms with Crippen LogP contribution in [-0.2, 0) is 66.7 Å². The van der Waals surface area contributed by atoms with E-state index in [2.05, 4.69) is 6.58 Å². The van der Waals surface area contributed by atoms with Gasteiger partial charge in [-0.25, -0.2) is 0 Å². The lowest BCUT2D eigenvalue weighted by molar-refractivity contribution is -0.264. The van der Waals surface area contributed by atoms with Gasteiger partial charge in [-0.05, 0) is 32.8 Å². The van der Waals surface area contributed by atoms with E-state index in [1.165, 1.54) is 27.7 Å². The van der Waals surface area contributed by atoms with E-state index in [0.29, 0.717) is 0 Å². The number of carbonyl (C=O) groups is 7. The molecule has 4 rings (SSSR count). The Kier molecular flexibility index (Phi) is 9.56. The quantitative estimate of drug-likeness (QED) is 0.220. The Labute approximate surface area is 277 Å². The zero-order valence-electron chi connectivity index (χ0n) is 28.6. The highest BCUT2D eigenvalue weighted by Gasteiger charge is 2.88. The first-order chi connectivity index (χ1) is 22.1. The van der Waals surface area contributed by atoms with Crippen LogP contribution >= 0.6 is 0 Å². The Hall–Kier alpha value is -4.01. The van der Waals surface area contributed by atoms with Crippen molar-refractivity contribution in [1.29, 1.82) is 0 Å². The molecular weight excluding hydrogens is 636 g/mol. The Balaban J connectivity index is 2.33. The highest BCUT2D eigenvalue weighted by molar-refractivity contribution is 5.75. The summed E-state index contributed by atoms with van der Waals surface area (Å²) in [6, 6.07) is 0. The molecule has 0 aromatic rings. The van der Waals surface area contributed by atoms with Crippen LogP contribution in [0, 0.1) is 23.2 Å². The largest absolute Gasteiger partial charge is 0.462 e. The van der Waals surface area contributed by atoms with Crippen LogP contribution < -0.4 is 0 Å². The average molecular weight is 681 g/mol. The summed E-state index contributed by atoms with van der Waals surface area (Å²) in [5.74, 6) is -9.87. The third-order valence-electron chi connectivity index (χ3n) is 10.5. The molecule has 15 heteroatoms. The first-order valence-electron chi connectivity index (χ1n) is 15.8. The molecule has 266 valence electrons. The van der Waals surface area contributed by atoms with Crippen molar-refractivity contribution in [2.45, 2.75) is 129 Å². The van der Waals surface area contributed by atoms with Gasteiger partial charge in [0.15, 0.2) is 23.9 Å². The van der Waals surface area contributed by atoms with Crippen LogP contribution in [-0.4, -0.2) is 94.2 Å². The summed E-state index contributed by atoms with van der Waals surface area (Å²) in [6.45, 7) is 15.2. The van der Waals surface area contributed by atoms with Gasteiger partial charge in [-0.3, -0.25) is 33.6 Å². The molecule has 0 aromatic heterocycles. The summed E-state index contributed by atoms with van der Waals surface area (Å²) in [5, 5.41) is 12.9. The second-order valence-electron chi connectivity index (χ2n) is 13.6. The lowest BCUT2D eigenvalue weighted by Crippen LogP contribution is -2.70. The number of hydrogen-bond acceptors (Lipinski definition) is 15. The topological polar surface area (TPSA) is 204 Å². The van der Waals surface area contributed by atoms with Crippen LogP contribution in [0.1, 0.15) is 81.6 Å². The summed E-state index contributed by atoms with van der Waals surface area (Å²) >= 11 is 0. The highest BCUT2D eigenvalue weighted by Crippen LogP contribution is 2.72. The Morgan fingerprint density at radius 1 is 0.812 bits per heavy atom. The van der Waals surface area contributed by atoms with E-state index in [4.69, 9.17) is 33.2 Å². The second kappa shape index (κ2) is 12.5. The van der Waals surface area contributed by atoms with Crippen molar-refractivity contribution in [3.05, 3.63) is 12.2 Å². The molecule has 48 heavy (non-hydrogen) atoms. The SMILES string of the molecule is C=C(C)[C@@]1(O)[C@H](OC(C)=O)[C@@H](OC(C)=O)[C@@]23[C@H](OC(=O)CC)[C@@H](C[C@H](OC(C)=O)[C@H]2[C@@]2(C)OC(=O)C[C@@H]21)[C@](C)(OC(C)=O)[C@@H]3OC(C)=O. The van der Waals surface area contributed by atoms with E-state index in [1.54, 1.807) is 0 Å². The van der Waals surface area contributed by atoms with Crippen LogP contribution in [0.3, 0.4) is 0 Å². The van der Waals surface area contributed by atoms with Crippen LogP contribution in [0.25, 0.3) is 0 Å². The number of aliphatic hydroxyl groups is 1. The molecule has 0 amide bonds. The monoisotopic (exact) mass is 680 g/mol. The minimum Gasteiger partial charge on any atom is -0.462 e. The molecule has 4 fully saturated rings. The number of ether oxygens (including phenoxy) is 7. The predicted octanol–water partition coefficient (Wildman–Crippen LogP) is 1.64.